The molecule has 1 aliphatic heterocycles. The highest BCUT2D eigenvalue weighted by Crippen LogP contribution is 2.26. The Morgan fingerprint density at radius 1 is 1.10 bits per heavy atom. The van der Waals surface area contributed by atoms with Crippen LogP contribution in [0, 0.1) is 25.2 Å². The zero-order valence-electron chi connectivity index (χ0n) is 22.5. The van der Waals surface area contributed by atoms with Crippen LogP contribution < -0.4 is 0 Å². The summed E-state index contributed by atoms with van der Waals surface area (Å²) in [6.45, 7) is 7.61. The second kappa shape index (κ2) is 13.6. The van der Waals surface area contributed by atoms with Crippen molar-refractivity contribution >= 4 is 23.5 Å². The van der Waals surface area contributed by atoms with Crippen LogP contribution in [0.2, 0.25) is 5.02 Å². The molecule has 2 aromatic carbocycles. The Morgan fingerprint density at radius 2 is 1.73 bits per heavy atom. The molecule has 1 aromatic heterocycles. The molecule has 3 aromatic rings. The van der Waals surface area contributed by atoms with Gasteiger partial charge in [-0.25, -0.2) is 9.48 Å². The number of nitrogens with zero attached hydrogens (tertiary/aromatic N) is 5. The molecule has 41 heavy (non-hydrogen) atoms. The van der Waals surface area contributed by atoms with Crippen LogP contribution in [-0.2, 0) is 11.2 Å². The number of carboxylic acid groups (broad SMARTS) is 1. The maximum atomic E-state index is 13.4. The first-order chi connectivity index (χ1) is 19.4. The molecule has 0 saturated carbocycles. The number of halogens is 4. The summed E-state index contributed by atoms with van der Waals surface area (Å²) in [6, 6.07) is 15.1. The number of carbonyl (C=O) groups is 2. The van der Waals surface area contributed by atoms with Crippen molar-refractivity contribution in [2.24, 2.45) is 0 Å². The minimum absolute atomic E-state index is 0.0424. The zero-order chi connectivity index (χ0) is 30.3. The molecule has 0 atom stereocenters. The zero-order valence-corrected chi connectivity index (χ0v) is 23.2. The van der Waals surface area contributed by atoms with Crippen LogP contribution in [0.15, 0.2) is 42.5 Å². The molecule has 0 aliphatic carbocycles. The van der Waals surface area contributed by atoms with Crippen molar-refractivity contribution < 1.29 is 33.0 Å². The van der Waals surface area contributed by atoms with Gasteiger partial charge in [0.1, 0.15) is 6.07 Å². The fourth-order valence-corrected chi connectivity index (χ4v) is 4.69. The van der Waals surface area contributed by atoms with Crippen molar-refractivity contribution in [3.63, 3.8) is 0 Å². The van der Waals surface area contributed by atoms with Gasteiger partial charge < -0.3 is 15.1 Å². The Kier molecular flexibility index (Phi) is 10.5. The summed E-state index contributed by atoms with van der Waals surface area (Å²) in [6.07, 6.45) is -4.49. The number of benzene rings is 2. The molecule has 13 heteroatoms. The number of aliphatic hydroxyl groups excluding tert-OH is 1. The van der Waals surface area contributed by atoms with E-state index in [1.807, 2.05) is 53.8 Å². The van der Waals surface area contributed by atoms with Crippen LogP contribution >= 0.6 is 11.6 Å². The third-order valence-electron chi connectivity index (χ3n) is 6.69. The SMILES string of the molecule is Cc1nn(-c2ccc(C#N)c(Cl)c2)c(C)c1Cc1ccccc1C(=O)N1CCN(CCO)CC1.O=C(O)C(F)(F)F. The smallest absolute Gasteiger partial charge is 0.475 e. The Hall–Kier alpha value is -3.92. The average molecular weight is 592 g/mol. The number of aryl methyl sites for hydroxylation is 1. The highest BCUT2D eigenvalue weighted by Gasteiger charge is 2.38. The van der Waals surface area contributed by atoms with Crippen LogP contribution in [0.25, 0.3) is 5.69 Å². The van der Waals surface area contributed by atoms with Crippen LogP contribution in [0.1, 0.15) is 38.4 Å². The predicted octanol–water partition coefficient (Wildman–Crippen LogP) is 3.99. The van der Waals surface area contributed by atoms with Gasteiger partial charge in [0.05, 0.1) is 28.6 Å². The molecular formula is C28H29ClF3N5O4. The number of carbonyl (C=O) groups excluding carboxylic acids is 1. The molecule has 0 radical (unpaired) electrons. The normalized spacial score (nSPS) is 13.8. The molecule has 1 fully saturated rings. The third kappa shape index (κ3) is 7.85. The summed E-state index contributed by atoms with van der Waals surface area (Å²) < 4.78 is 33.6. The van der Waals surface area contributed by atoms with Crippen LogP contribution in [0.3, 0.4) is 0 Å². The monoisotopic (exact) mass is 591 g/mol. The minimum Gasteiger partial charge on any atom is -0.475 e. The fourth-order valence-electron chi connectivity index (χ4n) is 4.47. The van der Waals surface area contributed by atoms with E-state index >= 15 is 0 Å². The molecule has 2 heterocycles. The number of aromatic nitrogens is 2. The molecular weight excluding hydrogens is 563 g/mol. The number of rotatable bonds is 6. The van der Waals surface area contributed by atoms with E-state index in [0.29, 0.717) is 42.2 Å². The van der Waals surface area contributed by atoms with E-state index in [2.05, 4.69) is 11.0 Å². The molecule has 1 saturated heterocycles. The molecule has 0 unspecified atom stereocenters. The lowest BCUT2D eigenvalue weighted by atomic mass is 9.97. The van der Waals surface area contributed by atoms with Crippen molar-refractivity contribution in [1.29, 1.82) is 5.26 Å². The quantitative estimate of drug-likeness (QED) is 0.444. The van der Waals surface area contributed by atoms with E-state index in [1.54, 1.807) is 12.1 Å². The molecule has 0 bridgehead atoms. The van der Waals surface area contributed by atoms with Crippen LogP contribution in [-0.4, -0.2) is 87.2 Å². The molecule has 0 spiro atoms. The van der Waals surface area contributed by atoms with E-state index in [4.69, 9.17) is 37.0 Å². The third-order valence-corrected chi connectivity index (χ3v) is 7.00. The van der Waals surface area contributed by atoms with Gasteiger partial charge in [0, 0.05) is 56.0 Å². The summed E-state index contributed by atoms with van der Waals surface area (Å²) in [7, 11) is 0. The van der Waals surface area contributed by atoms with Crippen molar-refractivity contribution in [3.05, 3.63) is 81.1 Å². The highest BCUT2D eigenvalue weighted by molar-refractivity contribution is 6.31. The summed E-state index contributed by atoms with van der Waals surface area (Å²) in [5, 5.41) is 30.5. The van der Waals surface area contributed by atoms with Gasteiger partial charge in [0.25, 0.3) is 5.91 Å². The second-order valence-corrected chi connectivity index (χ2v) is 9.74. The second-order valence-electron chi connectivity index (χ2n) is 9.33. The first-order valence-electron chi connectivity index (χ1n) is 12.6. The largest absolute Gasteiger partial charge is 0.490 e. The molecule has 9 nitrogen and oxygen atoms in total. The Morgan fingerprint density at radius 3 is 2.29 bits per heavy atom. The Bertz CT molecular complexity index is 1440. The Labute approximate surface area is 240 Å². The number of aliphatic hydroxyl groups is 1. The Balaban J connectivity index is 0.000000587. The molecule has 1 amide bonds. The summed E-state index contributed by atoms with van der Waals surface area (Å²) >= 11 is 6.24. The molecule has 4 rings (SSSR count). The number of hydrogen-bond donors (Lipinski definition) is 2. The highest BCUT2D eigenvalue weighted by atomic mass is 35.5. The van der Waals surface area contributed by atoms with Crippen LogP contribution in [0.5, 0.6) is 0 Å². The van der Waals surface area contributed by atoms with Crippen molar-refractivity contribution in [3.8, 4) is 11.8 Å². The lowest BCUT2D eigenvalue weighted by Gasteiger charge is -2.34. The lowest BCUT2D eigenvalue weighted by molar-refractivity contribution is -0.192. The standard InChI is InChI=1S/C26H28ClN5O2.C2HF3O2/c1-18-24(19(2)32(29-18)22-8-7-21(17-28)25(27)16-22)15-20-5-3-4-6-23(20)26(34)31-11-9-30(10-12-31)13-14-33;3-2(4,5)1(6)7/h3-8,16,33H,9-15H2,1-2H3;(H,6,7). The van der Waals surface area contributed by atoms with Gasteiger partial charge in [-0.3, -0.25) is 9.69 Å². The maximum absolute atomic E-state index is 13.4. The van der Waals surface area contributed by atoms with E-state index in [9.17, 15) is 18.0 Å². The lowest BCUT2D eigenvalue weighted by Crippen LogP contribution is -2.49. The average Bonchev–Trinajstić information content (AvgIpc) is 3.22. The summed E-state index contributed by atoms with van der Waals surface area (Å²) in [5.41, 5.74) is 5.82. The van der Waals surface area contributed by atoms with Gasteiger partial charge >= 0.3 is 12.1 Å². The minimum atomic E-state index is -5.08. The molecule has 2 N–H and O–H groups in total. The van der Waals surface area contributed by atoms with E-state index in [1.165, 1.54) is 0 Å². The maximum Gasteiger partial charge on any atom is 0.490 e. The van der Waals surface area contributed by atoms with E-state index in [-0.39, 0.29) is 12.5 Å². The van der Waals surface area contributed by atoms with Gasteiger partial charge in [0.2, 0.25) is 0 Å². The number of alkyl halides is 3. The van der Waals surface area contributed by atoms with Crippen molar-refractivity contribution in [2.45, 2.75) is 26.4 Å². The summed E-state index contributed by atoms with van der Waals surface area (Å²) in [4.78, 5) is 26.3. The van der Waals surface area contributed by atoms with Gasteiger partial charge in [-0.15, -0.1) is 0 Å². The summed E-state index contributed by atoms with van der Waals surface area (Å²) in [5.74, 6) is -2.71. The number of piperazine rings is 1. The predicted molar refractivity (Wildman–Crippen MR) is 145 cm³/mol. The number of carboxylic acids is 1. The topological polar surface area (TPSA) is 123 Å². The fraction of sp³-hybridized carbons (Fsp3) is 0.357. The number of amides is 1. The van der Waals surface area contributed by atoms with Crippen molar-refractivity contribution in [1.82, 2.24) is 19.6 Å². The number of hydrogen-bond acceptors (Lipinski definition) is 6. The first kappa shape index (κ1) is 31.6. The van der Waals surface area contributed by atoms with Crippen LogP contribution in [0.4, 0.5) is 13.2 Å². The van der Waals surface area contributed by atoms with E-state index in [0.717, 1.165) is 41.3 Å². The number of nitriles is 1. The molecule has 218 valence electrons. The van der Waals surface area contributed by atoms with Gasteiger partial charge in [-0.1, -0.05) is 29.8 Å². The van der Waals surface area contributed by atoms with Gasteiger partial charge in [0.15, 0.2) is 0 Å². The first-order valence-corrected chi connectivity index (χ1v) is 13.0. The van der Waals surface area contributed by atoms with Gasteiger partial charge in [-0.2, -0.15) is 23.5 Å². The molecule has 1 aliphatic rings. The number of β-amino-alcohol motifs (C(OH)–C–C–N with tert-alkyl or cyclic N) is 1. The van der Waals surface area contributed by atoms with E-state index < -0.39 is 12.1 Å². The van der Waals surface area contributed by atoms with Gasteiger partial charge in [-0.05, 0) is 43.7 Å². The number of aliphatic carboxylic acids is 1. The van der Waals surface area contributed by atoms with Crippen molar-refractivity contribution in [2.75, 3.05) is 39.3 Å².